The molecule has 0 saturated carbocycles. The number of thiazole rings is 1. The van der Waals surface area contributed by atoms with E-state index in [2.05, 4.69) is 10.3 Å². The molecule has 0 atom stereocenters. The first kappa shape index (κ1) is 20.4. The number of carbonyl (C=O) groups is 1. The van der Waals surface area contributed by atoms with Crippen molar-refractivity contribution in [1.82, 2.24) is 4.98 Å². The van der Waals surface area contributed by atoms with Crippen molar-refractivity contribution in [3.8, 4) is 11.3 Å². The number of benzene rings is 2. The molecule has 3 rings (SSSR count). The molecular weight excluding hydrogens is 420 g/mol. The smallest absolute Gasteiger partial charge is 0.302 e. The third-order valence-electron chi connectivity index (χ3n) is 3.69. The maximum Gasteiger partial charge on any atom is 0.364 e. The lowest BCUT2D eigenvalue weighted by atomic mass is 10.1. The Morgan fingerprint density at radius 2 is 1.97 bits per heavy atom. The molecule has 0 aliphatic carbocycles. The Kier molecular flexibility index (Phi) is 5.59. The van der Waals surface area contributed by atoms with Crippen LogP contribution in [0.1, 0.15) is 6.92 Å². The lowest BCUT2D eigenvalue weighted by molar-refractivity contribution is -0.384. The van der Waals surface area contributed by atoms with E-state index in [9.17, 15) is 27.9 Å². The summed E-state index contributed by atoms with van der Waals surface area (Å²) in [6.07, 6.45) is 0. The number of para-hydroxylation sites is 2. The van der Waals surface area contributed by atoms with E-state index in [1.165, 1.54) is 54.7 Å². The van der Waals surface area contributed by atoms with Gasteiger partial charge in [-0.3, -0.25) is 19.5 Å². The number of rotatable bonds is 6. The van der Waals surface area contributed by atoms with Crippen LogP contribution in [-0.2, 0) is 15.1 Å². The van der Waals surface area contributed by atoms with Gasteiger partial charge in [-0.25, -0.2) is 9.29 Å². The summed E-state index contributed by atoms with van der Waals surface area (Å²) in [5.74, 6) is -0.284. The number of anilines is 3. The van der Waals surface area contributed by atoms with Gasteiger partial charge in [0.15, 0.2) is 5.13 Å². The van der Waals surface area contributed by atoms with Crippen LogP contribution in [0.15, 0.2) is 53.9 Å². The molecule has 150 valence electrons. The minimum Gasteiger partial charge on any atom is -0.302 e. The number of amides is 1. The summed E-state index contributed by atoms with van der Waals surface area (Å²) in [6, 6.07) is 11.1. The molecule has 0 unspecified atom stereocenters. The van der Waals surface area contributed by atoms with E-state index < -0.39 is 20.9 Å². The third-order valence-corrected chi connectivity index (χ3v) is 5.32. The Morgan fingerprint density at radius 1 is 1.24 bits per heavy atom. The average molecular weight is 434 g/mol. The highest BCUT2D eigenvalue weighted by atomic mass is 32.2. The molecule has 2 aromatic carbocycles. The second-order valence-corrected chi connectivity index (χ2v) is 7.88. The molecule has 3 aromatic rings. The Bertz CT molecular complexity index is 1190. The first-order valence-electron chi connectivity index (χ1n) is 8.01. The lowest BCUT2D eigenvalue weighted by Crippen LogP contribution is -2.25. The molecule has 0 fully saturated rings. The van der Waals surface area contributed by atoms with E-state index in [0.717, 1.165) is 6.07 Å². The van der Waals surface area contributed by atoms with Crippen molar-refractivity contribution in [1.29, 1.82) is 0 Å². The molecule has 0 saturated heterocycles. The lowest BCUT2D eigenvalue weighted by Gasteiger charge is -2.21. The van der Waals surface area contributed by atoms with Crippen molar-refractivity contribution in [2.24, 2.45) is 0 Å². The van der Waals surface area contributed by atoms with Gasteiger partial charge in [0.1, 0.15) is 5.69 Å². The van der Waals surface area contributed by atoms with Crippen LogP contribution in [0, 0.1) is 10.1 Å². The van der Waals surface area contributed by atoms with E-state index in [1.807, 2.05) is 0 Å². The highest BCUT2D eigenvalue weighted by molar-refractivity contribution is 7.87. The van der Waals surface area contributed by atoms with Crippen LogP contribution in [0.25, 0.3) is 11.3 Å². The van der Waals surface area contributed by atoms with Crippen molar-refractivity contribution in [2.45, 2.75) is 6.92 Å². The molecule has 0 spiro atoms. The highest BCUT2D eigenvalue weighted by Gasteiger charge is 2.29. The van der Waals surface area contributed by atoms with Crippen LogP contribution in [0.3, 0.4) is 0 Å². The van der Waals surface area contributed by atoms with E-state index in [4.69, 9.17) is 0 Å². The van der Waals surface area contributed by atoms with Gasteiger partial charge in [0.25, 0.3) is 5.69 Å². The molecule has 1 heterocycles. The number of carbonyl (C=O) groups excluding carboxylic acids is 1. The van der Waals surface area contributed by atoms with E-state index in [0.29, 0.717) is 20.7 Å². The summed E-state index contributed by atoms with van der Waals surface area (Å²) < 4.78 is 34.4. The molecule has 0 radical (unpaired) electrons. The Balaban J connectivity index is 2.10. The molecule has 0 bridgehead atoms. The molecule has 2 N–H and O–H groups in total. The fourth-order valence-corrected chi connectivity index (χ4v) is 4.14. The summed E-state index contributed by atoms with van der Waals surface area (Å²) in [5, 5.41) is 15.9. The predicted molar refractivity (Wildman–Crippen MR) is 109 cm³/mol. The molecule has 12 heteroatoms. The average Bonchev–Trinajstić information content (AvgIpc) is 3.09. The fraction of sp³-hybridized carbons (Fsp3) is 0.0588. The second-order valence-electron chi connectivity index (χ2n) is 5.76. The molecule has 0 aliphatic rings. The maximum atomic E-state index is 12.1. The Hall–Kier alpha value is -3.35. The largest absolute Gasteiger partial charge is 0.364 e. The first-order chi connectivity index (χ1) is 13.7. The number of hydrogen-bond acceptors (Lipinski definition) is 7. The number of aromatic nitrogens is 1. The number of nitrogens with one attached hydrogen (secondary N) is 1. The number of nitro benzene ring substituents is 1. The quantitative estimate of drug-likeness (QED) is 0.343. The standard InChI is InChI=1S/C17H14N4O6S2/c1-11(22)18-17-19-14(10-28-17)12-5-4-6-13(9-12)20(29(25,26)27)15-7-2-3-8-16(15)21(23)24/h2-10H,1H3,(H,18,19,22)(H,25,26,27). The Morgan fingerprint density at radius 3 is 2.62 bits per heavy atom. The van der Waals surface area contributed by atoms with Gasteiger partial charge in [0.05, 0.1) is 16.3 Å². The van der Waals surface area contributed by atoms with Crippen molar-refractivity contribution in [3.63, 3.8) is 0 Å². The SMILES string of the molecule is CC(=O)Nc1nc(-c2cccc(N(c3ccccc3[N+](=O)[O-])S(=O)(=O)O)c2)cs1. The van der Waals surface area contributed by atoms with Gasteiger partial charge >= 0.3 is 10.3 Å². The van der Waals surface area contributed by atoms with Crippen molar-refractivity contribution in [3.05, 3.63) is 64.0 Å². The number of nitrogens with zero attached hydrogens (tertiary/aromatic N) is 3. The fourth-order valence-electron chi connectivity index (χ4n) is 2.59. The summed E-state index contributed by atoms with van der Waals surface area (Å²) in [5.41, 5.74) is 0.126. The number of nitro groups is 1. The normalized spacial score (nSPS) is 11.1. The van der Waals surface area contributed by atoms with Crippen LogP contribution in [0.2, 0.25) is 0 Å². The van der Waals surface area contributed by atoms with Crippen LogP contribution in [0.5, 0.6) is 0 Å². The van der Waals surface area contributed by atoms with Gasteiger partial charge in [-0.15, -0.1) is 11.3 Å². The summed E-state index contributed by atoms with van der Waals surface area (Å²) in [7, 11) is -4.88. The molecular formula is C17H14N4O6S2. The zero-order chi connectivity index (χ0) is 21.2. The zero-order valence-electron chi connectivity index (χ0n) is 14.8. The summed E-state index contributed by atoms with van der Waals surface area (Å²) in [4.78, 5) is 26.0. The van der Waals surface area contributed by atoms with Gasteiger partial charge < -0.3 is 5.32 Å². The number of hydrogen-bond donors (Lipinski definition) is 2. The van der Waals surface area contributed by atoms with Crippen molar-refractivity contribution >= 4 is 49.7 Å². The summed E-state index contributed by atoms with van der Waals surface area (Å²) >= 11 is 1.18. The van der Waals surface area contributed by atoms with E-state index >= 15 is 0 Å². The molecule has 1 amide bonds. The summed E-state index contributed by atoms with van der Waals surface area (Å²) in [6.45, 7) is 1.35. The maximum absolute atomic E-state index is 12.1. The topological polar surface area (TPSA) is 143 Å². The Labute approximate surface area is 169 Å². The second kappa shape index (κ2) is 7.95. The highest BCUT2D eigenvalue weighted by Crippen LogP contribution is 2.37. The van der Waals surface area contributed by atoms with Crippen LogP contribution in [-0.4, -0.2) is 28.8 Å². The van der Waals surface area contributed by atoms with Crippen LogP contribution >= 0.6 is 11.3 Å². The molecule has 10 nitrogen and oxygen atoms in total. The minimum atomic E-state index is -4.88. The van der Waals surface area contributed by atoms with Crippen LogP contribution in [0.4, 0.5) is 22.2 Å². The van der Waals surface area contributed by atoms with Gasteiger partial charge in [-0.2, -0.15) is 8.42 Å². The molecule has 0 aliphatic heterocycles. The zero-order valence-corrected chi connectivity index (χ0v) is 16.5. The predicted octanol–water partition coefficient (Wildman–Crippen LogP) is 3.62. The minimum absolute atomic E-state index is 0.0200. The third kappa shape index (κ3) is 4.56. The van der Waals surface area contributed by atoms with Gasteiger partial charge in [0.2, 0.25) is 5.91 Å². The van der Waals surface area contributed by atoms with Gasteiger partial charge in [-0.1, -0.05) is 24.3 Å². The monoisotopic (exact) mass is 434 g/mol. The molecule has 29 heavy (non-hydrogen) atoms. The van der Waals surface area contributed by atoms with Crippen molar-refractivity contribution < 1.29 is 22.7 Å². The van der Waals surface area contributed by atoms with Crippen molar-refractivity contribution in [2.75, 3.05) is 9.62 Å². The van der Waals surface area contributed by atoms with Gasteiger partial charge in [-0.05, 0) is 18.2 Å². The van der Waals surface area contributed by atoms with Gasteiger partial charge in [0, 0.05) is 23.9 Å². The van der Waals surface area contributed by atoms with Crippen LogP contribution < -0.4 is 9.62 Å². The van der Waals surface area contributed by atoms with E-state index in [1.54, 1.807) is 11.4 Å². The first-order valence-corrected chi connectivity index (χ1v) is 10.3. The van der Waals surface area contributed by atoms with E-state index in [-0.39, 0.29) is 17.3 Å². The molecule has 1 aromatic heterocycles.